The first-order valence-electron chi connectivity index (χ1n) is 5.89. The van der Waals surface area contributed by atoms with E-state index >= 15 is 0 Å². The number of aromatic hydroxyl groups is 1. The van der Waals surface area contributed by atoms with Gasteiger partial charge in [0.05, 0.1) is 11.1 Å². The number of amides is 1. The number of phenols is 1. The number of phenolic OH excluding ortho intramolecular Hbond substituents is 1. The first-order valence-corrected chi connectivity index (χ1v) is 6.68. The lowest BCUT2D eigenvalue weighted by Gasteiger charge is -2.02. The Kier molecular flexibility index (Phi) is 4.79. The summed E-state index contributed by atoms with van der Waals surface area (Å²) in [4.78, 5) is 25.6. The highest BCUT2D eigenvalue weighted by molar-refractivity contribution is 9.10. The predicted octanol–water partition coefficient (Wildman–Crippen LogP) is 2.22. The van der Waals surface area contributed by atoms with E-state index in [1.165, 1.54) is 36.7 Å². The molecule has 0 aliphatic heterocycles. The van der Waals surface area contributed by atoms with Crippen molar-refractivity contribution in [1.82, 2.24) is 10.4 Å². The summed E-state index contributed by atoms with van der Waals surface area (Å²) in [7, 11) is 0. The maximum Gasteiger partial charge on any atom is 0.312 e. The van der Waals surface area contributed by atoms with Gasteiger partial charge in [0.15, 0.2) is 0 Å². The minimum absolute atomic E-state index is 0.0936. The Bertz CT molecular complexity index is 749. The zero-order chi connectivity index (χ0) is 16.1. The summed E-state index contributed by atoms with van der Waals surface area (Å²) in [6, 6.07) is 5.62. The Morgan fingerprint density at radius 2 is 2.09 bits per heavy atom. The molecule has 0 saturated carbocycles. The summed E-state index contributed by atoms with van der Waals surface area (Å²) in [5.74, 6) is -1.00. The van der Waals surface area contributed by atoms with E-state index < -0.39 is 22.3 Å². The van der Waals surface area contributed by atoms with Gasteiger partial charge in [0.1, 0.15) is 0 Å². The molecule has 0 bridgehead atoms. The van der Waals surface area contributed by atoms with Crippen molar-refractivity contribution in [2.75, 3.05) is 0 Å². The van der Waals surface area contributed by atoms with Gasteiger partial charge in [-0.3, -0.25) is 19.9 Å². The largest absolute Gasteiger partial charge is 0.502 e. The molecule has 0 aliphatic rings. The van der Waals surface area contributed by atoms with Crippen LogP contribution in [0.4, 0.5) is 5.69 Å². The van der Waals surface area contributed by atoms with Crippen LogP contribution in [0.3, 0.4) is 0 Å². The van der Waals surface area contributed by atoms with Gasteiger partial charge in [-0.15, -0.1) is 0 Å². The van der Waals surface area contributed by atoms with E-state index in [1.807, 2.05) is 0 Å². The lowest BCUT2D eigenvalue weighted by atomic mass is 10.2. The van der Waals surface area contributed by atoms with Gasteiger partial charge in [0.25, 0.3) is 5.91 Å². The Hall–Kier alpha value is -2.81. The summed E-state index contributed by atoms with van der Waals surface area (Å²) in [6.45, 7) is 0. The van der Waals surface area contributed by atoms with Gasteiger partial charge in [0, 0.05) is 34.1 Å². The number of nitrogens with one attached hydrogen (secondary N) is 1. The number of halogens is 1. The van der Waals surface area contributed by atoms with E-state index in [0.29, 0.717) is 10.0 Å². The Morgan fingerprint density at radius 1 is 1.41 bits per heavy atom. The van der Waals surface area contributed by atoms with Gasteiger partial charge < -0.3 is 5.11 Å². The normalized spacial score (nSPS) is 10.6. The fraction of sp³-hybridized carbons (Fsp3) is 0. The van der Waals surface area contributed by atoms with Gasteiger partial charge in [-0.25, -0.2) is 5.43 Å². The molecule has 0 atom stereocenters. The molecule has 0 aliphatic carbocycles. The number of rotatable bonds is 4. The topological polar surface area (TPSA) is 118 Å². The molecule has 1 aromatic carbocycles. The monoisotopic (exact) mass is 364 g/mol. The van der Waals surface area contributed by atoms with Crippen LogP contribution >= 0.6 is 15.9 Å². The summed E-state index contributed by atoms with van der Waals surface area (Å²) >= 11 is 3.10. The van der Waals surface area contributed by atoms with Crippen LogP contribution < -0.4 is 5.43 Å². The van der Waals surface area contributed by atoms with E-state index in [4.69, 9.17) is 0 Å². The van der Waals surface area contributed by atoms with Crippen LogP contribution in [-0.4, -0.2) is 27.1 Å². The lowest BCUT2D eigenvalue weighted by molar-refractivity contribution is -0.385. The van der Waals surface area contributed by atoms with Crippen LogP contribution in [0.1, 0.15) is 15.9 Å². The number of hydrogen-bond donors (Lipinski definition) is 2. The highest BCUT2D eigenvalue weighted by atomic mass is 79.9. The number of nitro benzene ring substituents is 1. The van der Waals surface area contributed by atoms with E-state index in [-0.39, 0.29) is 5.56 Å². The molecule has 1 aromatic heterocycles. The van der Waals surface area contributed by atoms with Crippen molar-refractivity contribution < 1.29 is 14.8 Å². The van der Waals surface area contributed by atoms with E-state index in [2.05, 4.69) is 31.4 Å². The molecule has 9 heteroatoms. The second-order valence-corrected chi connectivity index (χ2v) is 4.97. The maximum atomic E-state index is 11.7. The first kappa shape index (κ1) is 15.6. The van der Waals surface area contributed by atoms with E-state index in [9.17, 15) is 20.0 Å². The molecule has 0 fully saturated rings. The Labute approximate surface area is 132 Å². The Balaban J connectivity index is 2.17. The number of nitro groups is 1. The minimum Gasteiger partial charge on any atom is -0.502 e. The van der Waals surface area contributed by atoms with Crippen molar-refractivity contribution in [3.05, 3.63) is 62.4 Å². The van der Waals surface area contributed by atoms with Crippen molar-refractivity contribution in [2.24, 2.45) is 5.10 Å². The molecule has 0 unspecified atom stereocenters. The molecule has 2 aromatic rings. The molecule has 1 amide bonds. The summed E-state index contributed by atoms with van der Waals surface area (Å²) in [5, 5.41) is 24.3. The van der Waals surface area contributed by atoms with Crippen LogP contribution in [-0.2, 0) is 0 Å². The molecular weight excluding hydrogens is 356 g/mol. The first-order chi connectivity index (χ1) is 10.5. The molecule has 8 nitrogen and oxygen atoms in total. The van der Waals surface area contributed by atoms with Gasteiger partial charge in [-0.2, -0.15) is 5.10 Å². The Morgan fingerprint density at radius 3 is 2.73 bits per heavy atom. The third-order valence-corrected chi connectivity index (χ3v) is 3.05. The number of hydrazone groups is 1. The SMILES string of the molecule is O=C(NN=Cc1cc(Br)cc([N+](=O)[O-])c1O)c1ccncc1. The number of aromatic nitrogens is 1. The van der Waals surface area contributed by atoms with Gasteiger partial charge in [0.2, 0.25) is 5.75 Å². The molecule has 0 spiro atoms. The quantitative estimate of drug-likeness (QED) is 0.489. The summed E-state index contributed by atoms with van der Waals surface area (Å²) in [6.07, 6.45) is 4.04. The number of hydrogen-bond acceptors (Lipinski definition) is 6. The molecular formula is C13H9BrN4O4. The average Bonchev–Trinajstić information content (AvgIpc) is 2.50. The maximum absolute atomic E-state index is 11.7. The van der Waals surface area contributed by atoms with Gasteiger partial charge in [-0.05, 0) is 18.2 Å². The molecule has 0 saturated heterocycles. The average molecular weight is 365 g/mol. The number of nitrogens with zero attached hydrogens (tertiary/aromatic N) is 3. The lowest BCUT2D eigenvalue weighted by Crippen LogP contribution is -2.17. The molecule has 22 heavy (non-hydrogen) atoms. The fourth-order valence-electron chi connectivity index (χ4n) is 1.57. The van der Waals surface area contributed by atoms with Crippen molar-refractivity contribution in [2.45, 2.75) is 0 Å². The smallest absolute Gasteiger partial charge is 0.312 e. The second kappa shape index (κ2) is 6.76. The van der Waals surface area contributed by atoms with E-state index in [0.717, 1.165) is 6.21 Å². The van der Waals surface area contributed by atoms with Crippen LogP contribution in [0.2, 0.25) is 0 Å². The third kappa shape index (κ3) is 3.64. The number of benzene rings is 1. The van der Waals surface area contributed by atoms with Gasteiger partial charge >= 0.3 is 5.69 Å². The van der Waals surface area contributed by atoms with Crippen molar-refractivity contribution in [3.63, 3.8) is 0 Å². The fourth-order valence-corrected chi connectivity index (χ4v) is 2.03. The molecule has 2 N–H and O–H groups in total. The van der Waals surface area contributed by atoms with E-state index in [1.54, 1.807) is 0 Å². The highest BCUT2D eigenvalue weighted by Crippen LogP contribution is 2.32. The molecule has 1 heterocycles. The zero-order valence-electron chi connectivity index (χ0n) is 10.9. The van der Waals surface area contributed by atoms with Crippen LogP contribution in [0, 0.1) is 10.1 Å². The number of pyridine rings is 1. The van der Waals surface area contributed by atoms with Crippen LogP contribution in [0.5, 0.6) is 5.75 Å². The second-order valence-electron chi connectivity index (χ2n) is 4.05. The highest BCUT2D eigenvalue weighted by Gasteiger charge is 2.17. The standard InChI is InChI=1S/C13H9BrN4O4/c14-10-5-9(12(19)11(6-10)18(21)22)7-16-17-13(20)8-1-3-15-4-2-8/h1-7,19H,(H,17,20). The molecule has 112 valence electrons. The number of carbonyl (C=O) groups is 1. The third-order valence-electron chi connectivity index (χ3n) is 2.59. The summed E-state index contributed by atoms with van der Waals surface area (Å²) < 4.78 is 0.402. The minimum atomic E-state index is -0.715. The van der Waals surface area contributed by atoms with Crippen molar-refractivity contribution in [3.8, 4) is 5.75 Å². The van der Waals surface area contributed by atoms with Crippen LogP contribution in [0.15, 0.2) is 46.2 Å². The van der Waals surface area contributed by atoms with Crippen molar-refractivity contribution in [1.29, 1.82) is 0 Å². The molecule has 2 rings (SSSR count). The van der Waals surface area contributed by atoms with Crippen LogP contribution in [0.25, 0.3) is 0 Å². The summed E-state index contributed by atoms with van der Waals surface area (Å²) in [5.41, 5.74) is 2.24. The molecule has 0 radical (unpaired) electrons. The zero-order valence-corrected chi connectivity index (χ0v) is 12.5. The predicted molar refractivity (Wildman–Crippen MR) is 81.8 cm³/mol. The number of carbonyl (C=O) groups excluding carboxylic acids is 1. The van der Waals surface area contributed by atoms with Gasteiger partial charge in [-0.1, -0.05) is 15.9 Å². The van der Waals surface area contributed by atoms with Crippen molar-refractivity contribution >= 4 is 33.7 Å².